The molecule has 0 saturated heterocycles. The molecule has 1 fully saturated rings. The van der Waals surface area contributed by atoms with Crippen LogP contribution in [0.4, 0.5) is 0 Å². The van der Waals surface area contributed by atoms with E-state index in [1.54, 1.807) is 0 Å². The molecule has 1 unspecified atom stereocenters. The fourth-order valence-corrected chi connectivity index (χ4v) is 3.14. The molecule has 25 heavy (non-hydrogen) atoms. The maximum Gasteiger partial charge on any atom is 0.242 e. The number of carbonyl (C=O) groups is 1. The van der Waals surface area contributed by atoms with Crippen molar-refractivity contribution in [3.05, 3.63) is 71.3 Å². The van der Waals surface area contributed by atoms with E-state index < -0.39 is 0 Å². The van der Waals surface area contributed by atoms with Gasteiger partial charge in [-0.15, -0.1) is 0 Å². The number of nitrogens with zero attached hydrogens (tertiary/aromatic N) is 1. The molecule has 0 bridgehead atoms. The summed E-state index contributed by atoms with van der Waals surface area (Å²) in [5.41, 5.74) is 3.62. The van der Waals surface area contributed by atoms with Gasteiger partial charge in [0.15, 0.2) is 0 Å². The lowest BCUT2D eigenvalue weighted by Crippen LogP contribution is -2.39. The van der Waals surface area contributed by atoms with Crippen LogP contribution in [-0.2, 0) is 11.3 Å². The molecule has 0 spiro atoms. The van der Waals surface area contributed by atoms with E-state index in [1.165, 1.54) is 11.1 Å². The van der Waals surface area contributed by atoms with Gasteiger partial charge in [0.05, 0.1) is 0 Å². The van der Waals surface area contributed by atoms with Gasteiger partial charge in [0.1, 0.15) is 6.04 Å². The first kappa shape index (κ1) is 17.7. The second-order valence-corrected chi connectivity index (χ2v) is 7.41. The van der Waals surface area contributed by atoms with Crippen molar-refractivity contribution in [2.45, 2.75) is 51.2 Å². The SMILES string of the molecule is CC(C)c1ccc(CN(C)C(C(=O)NC2CC2)c2ccccc2)cc1. The fraction of sp³-hybridized carbons (Fsp3) is 0.409. The van der Waals surface area contributed by atoms with Gasteiger partial charge < -0.3 is 5.32 Å². The summed E-state index contributed by atoms with van der Waals surface area (Å²) in [6, 6.07) is 18.9. The van der Waals surface area contributed by atoms with Crippen LogP contribution in [-0.4, -0.2) is 23.9 Å². The van der Waals surface area contributed by atoms with Gasteiger partial charge in [0.2, 0.25) is 5.91 Å². The zero-order chi connectivity index (χ0) is 17.8. The molecule has 3 heteroatoms. The first-order chi connectivity index (χ1) is 12.0. The predicted octanol–water partition coefficient (Wildman–Crippen LogP) is 4.26. The van der Waals surface area contributed by atoms with Gasteiger partial charge in [-0.3, -0.25) is 9.69 Å². The van der Waals surface area contributed by atoms with Crippen molar-refractivity contribution >= 4 is 5.91 Å². The summed E-state index contributed by atoms with van der Waals surface area (Å²) in [5, 5.41) is 3.16. The Morgan fingerprint density at radius 3 is 2.24 bits per heavy atom. The molecule has 1 amide bonds. The fourth-order valence-electron chi connectivity index (χ4n) is 3.14. The van der Waals surface area contributed by atoms with Crippen molar-refractivity contribution in [1.29, 1.82) is 0 Å². The Labute approximate surface area is 151 Å². The van der Waals surface area contributed by atoms with E-state index in [9.17, 15) is 4.79 Å². The van der Waals surface area contributed by atoms with Gasteiger partial charge in [0, 0.05) is 12.6 Å². The van der Waals surface area contributed by atoms with Crippen LogP contribution in [0.1, 0.15) is 55.3 Å². The molecule has 3 nitrogen and oxygen atoms in total. The van der Waals surface area contributed by atoms with Crippen LogP contribution < -0.4 is 5.32 Å². The Morgan fingerprint density at radius 1 is 1.04 bits per heavy atom. The van der Waals surface area contributed by atoms with E-state index in [1.807, 2.05) is 37.4 Å². The lowest BCUT2D eigenvalue weighted by Gasteiger charge is -2.28. The summed E-state index contributed by atoms with van der Waals surface area (Å²) in [4.78, 5) is 15.0. The summed E-state index contributed by atoms with van der Waals surface area (Å²) >= 11 is 0. The third-order valence-corrected chi connectivity index (χ3v) is 4.81. The van der Waals surface area contributed by atoms with Crippen LogP contribution in [0, 0.1) is 0 Å². The van der Waals surface area contributed by atoms with E-state index in [0.717, 1.165) is 24.9 Å². The molecule has 0 aliphatic heterocycles. The number of hydrogen-bond acceptors (Lipinski definition) is 2. The van der Waals surface area contributed by atoms with E-state index in [0.29, 0.717) is 12.0 Å². The minimum absolute atomic E-state index is 0.106. The maximum absolute atomic E-state index is 12.8. The largest absolute Gasteiger partial charge is 0.352 e. The number of amides is 1. The number of rotatable bonds is 7. The molecule has 132 valence electrons. The second-order valence-electron chi connectivity index (χ2n) is 7.41. The molecule has 3 rings (SSSR count). The first-order valence-electron chi connectivity index (χ1n) is 9.19. The molecule has 1 N–H and O–H groups in total. The van der Waals surface area contributed by atoms with Crippen LogP contribution in [0.15, 0.2) is 54.6 Å². The van der Waals surface area contributed by atoms with E-state index in [4.69, 9.17) is 0 Å². The highest BCUT2D eigenvalue weighted by Gasteiger charge is 2.30. The third-order valence-electron chi connectivity index (χ3n) is 4.81. The topological polar surface area (TPSA) is 32.3 Å². The van der Waals surface area contributed by atoms with Crippen LogP contribution in [0.3, 0.4) is 0 Å². The molecular weight excluding hydrogens is 308 g/mol. The Hall–Kier alpha value is -2.13. The molecule has 2 aromatic rings. The van der Waals surface area contributed by atoms with E-state index >= 15 is 0 Å². The van der Waals surface area contributed by atoms with Gasteiger partial charge >= 0.3 is 0 Å². The van der Waals surface area contributed by atoms with Crippen LogP contribution in [0.25, 0.3) is 0 Å². The number of carbonyl (C=O) groups excluding carboxylic acids is 1. The minimum atomic E-state index is -0.258. The van der Waals surface area contributed by atoms with Crippen molar-refractivity contribution in [2.75, 3.05) is 7.05 Å². The predicted molar refractivity (Wildman–Crippen MR) is 102 cm³/mol. The normalized spacial score (nSPS) is 15.4. The van der Waals surface area contributed by atoms with E-state index in [-0.39, 0.29) is 11.9 Å². The Bertz CT molecular complexity index is 690. The average Bonchev–Trinajstić information content (AvgIpc) is 3.40. The van der Waals surface area contributed by atoms with Crippen molar-refractivity contribution in [3.63, 3.8) is 0 Å². The van der Waals surface area contributed by atoms with Crippen molar-refractivity contribution < 1.29 is 4.79 Å². The Kier molecular flexibility index (Phi) is 5.54. The van der Waals surface area contributed by atoms with Crippen molar-refractivity contribution in [3.8, 4) is 0 Å². The van der Waals surface area contributed by atoms with Gasteiger partial charge in [-0.25, -0.2) is 0 Å². The highest BCUT2D eigenvalue weighted by atomic mass is 16.2. The maximum atomic E-state index is 12.8. The average molecular weight is 336 g/mol. The van der Waals surface area contributed by atoms with E-state index in [2.05, 4.69) is 48.3 Å². The summed E-state index contributed by atoms with van der Waals surface area (Å²) in [7, 11) is 2.03. The Balaban J connectivity index is 1.76. The monoisotopic (exact) mass is 336 g/mol. The second kappa shape index (κ2) is 7.83. The van der Waals surface area contributed by atoms with Crippen LogP contribution in [0.5, 0.6) is 0 Å². The molecule has 2 aromatic carbocycles. The lowest BCUT2D eigenvalue weighted by atomic mass is 10.0. The summed E-state index contributed by atoms with van der Waals surface area (Å²) in [6.07, 6.45) is 2.21. The summed E-state index contributed by atoms with van der Waals surface area (Å²) in [5.74, 6) is 0.642. The number of benzene rings is 2. The minimum Gasteiger partial charge on any atom is -0.352 e. The number of nitrogens with one attached hydrogen (secondary N) is 1. The zero-order valence-electron chi connectivity index (χ0n) is 15.4. The van der Waals surface area contributed by atoms with Crippen LogP contribution >= 0.6 is 0 Å². The van der Waals surface area contributed by atoms with Gasteiger partial charge in [-0.05, 0) is 42.5 Å². The lowest BCUT2D eigenvalue weighted by molar-refractivity contribution is -0.126. The highest BCUT2D eigenvalue weighted by Crippen LogP contribution is 2.25. The van der Waals surface area contributed by atoms with Crippen molar-refractivity contribution in [2.24, 2.45) is 0 Å². The molecule has 0 aromatic heterocycles. The third kappa shape index (κ3) is 4.70. The number of likely N-dealkylation sites (N-methyl/N-ethyl adjacent to an activating group) is 1. The molecule has 1 aliphatic carbocycles. The summed E-state index contributed by atoms with van der Waals surface area (Å²) < 4.78 is 0. The standard InChI is InChI=1S/C22H28N2O/c1-16(2)18-11-9-17(10-12-18)15-24(3)21(19-7-5-4-6-8-19)22(25)23-20-13-14-20/h4-12,16,20-21H,13-15H2,1-3H3,(H,23,25). The molecule has 1 aliphatic rings. The summed E-state index contributed by atoms with van der Waals surface area (Å²) in [6.45, 7) is 5.15. The smallest absolute Gasteiger partial charge is 0.242 e. The molecule has 1 atom stereocenters. The van der Waals surface area contributed by atoms with Gasteiger partial charge in [-0.1, -0.05) is 68.4 Å². The molecule has 0 heterocycles. The Morgan fingerprint density at radius 2 is 1.68 bits per heavy atom. The quantitative estimate of drug-likeness (QED) is 0.819. The zero-order valence-corrected chi connectivity index (χ0v) is 15.4. The van der Waals surface area contributed by atoms with Gasteiger partial charge in [-0.2, -0.15) is 0 Å². The van der Waals surface area contributed by atoms with Crippen molar-refractivity contribution in [1.82, 2.24) is 10.2 Å². The number of hydrogen-bond donors (Lipinski definition) is 1. The first-order valence-corrected chi connectivity index (χ1v) is 9.19. The molecular formula is C22H28N2O. The van der Waals surface area contributed by atoms with Gasteiger partial charge in [0.25, 0.3) is 0 Å². The van der Waals surface area contributed by atoms with Crippen LogP contribution in [0.2, 0.25) is 0 Å². The highest BCUT2D eigenvalue weighted by molar-refractivity contribution is 5.83. The molecule has 0 radical (unpaired) electrons. The molecule has 1 saturated carbocycles.